The van der Waals surface area contributed by atoms with Gasteiger partial charge in [0, 0.05) is 6.20 Å². The highest BCUT2D eigenvalue weighted by Crippen LogP contribution is 2.09. The van der Waals surface area contributed by atoms with Gasteiger partial charge in [0.1, 0.15) is 11.3 Å². The molecular formula is C7H7N3O. The van der Waals surface area contributed by atoms with E-state index >= 15 is 0 Å². The maximum absolute atomic E-state index is 9.29. The van der Waals surface area contributed by atoms with Crippen molar-refractivity contribution in [3.8, 4) is 0 Å². The van der Waals surface area contributed by atoms with Crippen LogP contribution < -0.4 is 0 Å². The molecule has 4 nitrogen and oxygen atoms in total. The number of imidazole rings is 1. The molecule has 0 spiro atoms. The fraction of sp³-hybridized carbons (Fsp3) is 0.143. The first kappa shape index (κ1) is 6.15. The summed E-state index contributed by atoms with van der Waals surface area (Å²) >= 11 is 0. The molecule has 4 heteroatoms. The largest absolute Gasteiger partial charge is 0.425 e. The lowest BCUT2D eigenvalue weighted by Gasteiger charge is -1.91. The third-order valence-corrected chi connectivity index (χ3v) is 1.56. The van der Waals surface area contributed by atoms with Crippen LogP contribution in [0.4, 0.5) is 0 Å². The first-order valence-electron chi connectivity index (χ1n) is 3.28. The van der Waals surface area contributed by atoms with E-state index in [0.29, 0.717) is 17.0 Å². The number of aryl methyl sites for hydroxylation is 1. The summed E-state index contributed by atoms with van der Waals surface area (Å²) in [6.45, 7) is 1.72. The van der Waals surface area contributed by atoms with Crippen LogP contribution in [-0.4, -0.2) is 19.9 Å². The Morgan fingerprint density at radius 3 is 3.09 bits per heavy atom. The van der Waals surface area contributed by atoms with Gasteiger partial charge < -0.3 is 5.21 Å². The second-order valence-corrected chi connectivity index (χ2v) is 2.32. The smallest absolute Gasteiger partial charge is 0.195 e. The van der Waals surface area contributed by atoms with Crippen LogP contribution in [0.1, 0.15) is 5.82 Å². The number of nitrogens with zero attached hydrogens (tertiary/aromatic N) is 3. The molecule has 0 aromatic carbocycles. The van der Waals surface area contributed by atoms with Gasteiger partial charge in [0.05, 0.1) is 0 Å². The van der Waals surface area contributed by atoms with E-state index in [4.69, 9.17) is 0 Å². The molecule has 2 rings (SSSR count). The van der Waals surface area contributed by atoms with Crippen LogP contribution in [0.5, 0.6) is 0 Å². The van der Waals surface area contributed by atoms with Gasteiger partial charge in [0.25, 0.3) is 0 Å². The number of aromatic nitrogens is 3. The van der Waals surface area contributed by atoms with Gasteiger partial charge in [0.2, 0.25) is 0 Å². The second kappa shape index (κ2) is 1.95. The Bertz CT molecular complexity index is 393. The molecule has 11 heavy (non-hydrogen) atoms. The molecule has 0 aliphatic heterocycles. The van der Waals surface area contributed by atoms with Crippen molar-refractivity contribution in [3.05, 3.63) is 24.2 Å². The van der Waals surface area contributed by atoms with Gasteiger partial charge in [0.15, 0.2) is 5.65 Å². The zero-order valence-electron chi connectivity index (χ0n) is 6.02. The molecule has 0 saturated heterocycles. The van der Waals surface area contributed by atoms with Gasteiger partial charge in [-0.3, -0.25) is 0 Å². The Balaban J connectivity index is 2.92. The highest BCUT2D eigenvalue weighted by molar-refractivity contribution is 5.70. The number of hydrogen-bond donors (Lipinski definition) is 1. The van der Waals surface area contributed by atoms with Gasteiger partial charge in [-0.25, -0.2) is 9.97 Å². The minimum Gasteiger partial charge on any atom is -0.425 e. The summed E-state index contributed by atoms with van der Waals surface area (Å²) in [7, 11) is 0. The normalized spacial score (nSPS) is 10.6. The van der Waals surface area contributed by atoms with Gasteiger partial charge in [-0.1, -0.05) is 0 Å². The highest BCUT2D eigenvalue weighted by Gasteiger charge is 2.04. The zero-order chi connectivity index (χ0) is 7.84. The maximum atomic E-state index is 9.29. The van der Waals surface area contributed by atoms with E-state index in [1.807, 2.05) is 6.07 Å². The Morgan fingerprint density at radius 2 is 2.36 bits per heavy atom. The number of pyridine rings is 1. The first-order valence-corrected chi connectivity index (χ1v) is 3.28. The molecule has 1 N–H and O–H groups in total. The van der Waals surface area contributed by atoms with Crippen molar-refractivity contribution in [1.29, 1.82) is 0 Å². The quantitative estimate of drug-likeness (QED) is 0.568. The summed E-state index contributed by atoms with van der Waals surface area (Å²) in [6.07, 6.45) is 1.62. The Hall–Kier alpha value is -1.58. The van der Waals surface area contributed by atoms with Crippen molar-refractivity contribution < 1.29 is 5.21 Å². The van der Waals surface area contributed by atoms with Gasteiger partial charge in [-0.15, -0.1) is 0 Å². The van der Waals surface area contributed by atoms with E-state index in [9.17, 15) is 5.21 Å². The highest BCUT2D eigenvalue weighted by atomic mass is 16.5. The second-order valence-electron chi connectivity index (χ2n) is 2.32. The summed E-state index contributed by atoms with van der Waals surface area (Å²) in [5, 5.41) is 9.29. The molecular weight excluding hydrogens is 142 g/mol. The van der Waals surface area contributed by atoms with E-state index in [1.165, 1.54) is 0 Å². The van der Waals surface area contributed by atoms with Crippen molar-refractivity contribution in [1.82, 2.24) is 14.7 Å². The third-order valence-electron chi connectivity index (χ3n) is 1.56. The first-order chi connectivity index (χ1) is 5.29. The van der Waals surface area contributed by atoms with Gasteiger partial charge in [-0.2, -0.15) is 4.73 Å². The standard InChI is InChI=1S/C7H7N3O/c1-5-9-6-3-2-4-8-7(6)10(5)11/h2-4,11H,1H3. The molecule has 56 valence electrons. The van der Waals surface area contributed by atoms with Gasteiger partial charge in [-0.05, 0) is 19.1 Å². The molecule has 0 fully saturated rings. The Kier molecular flexibility index (Phi) is 1.09. The molecule has 0 aliphatic carbocycles. The monoisotopic (exact) mass is 149 g/mol. The van der Waals surface area contributed by atoms with Crippen molar-refractivity contribution >= 4 is 11.2 Å². The number of rotatable bonds is 0. The molecule has 0 saturated carbocycles. The summed E-state index contributed by atoms with van der Waals surface area (Å²) in [6, 6.07) is 3.59. The lowest BCUT2D eigenvalue weighted by Crippen LogP contribution is -1.93. The van der Waals surface area contributed by atoms with E-state index in [1.54, 1.807) is 19.2 Å². The number of fused-ring (bicyclic) bond motifs is 1. The van der Waals surface area contributed by atoms with Crippen LogP contribution in [0.25, 0.3) is 11.2 Å². The predicted octanol–water partition coefficient (Wildman–Crippen LogP) is 0.977. The fourth-order valence-corrected chi connectivity index (χ4v) is 1.01. The predicted molar refractivity (Wildman–Crippen MR) is 39.4 cm³/mol. The maximum Gasteiger partial charge on any atom is 0.195 e. The Morgan fingerprint density at radius 1 is 1.55 bits per heavy atom. The lowest BCUT2D eigenvalue weighted by molar-refractivity contribution is 0.189. The van der Waals surface area contributed by atoms with Crippen molar-refractivity contribution in [2.45, 2.75) is 6.92 Å². The lowest BCUT2D eigenvalue weighted by atomic mass is 10.4. The minimum atomic E-state index is 0.505. The van der Waals surface area contributed by atoms with Crippen molar-refractivity contribution in [2.75, 3.05) is 0 Å². The molecule has 0 radical (unpaired) electrons. The van der Waals surface area contributed by atoms with E-state index in [2.05, 4.69) is 9.97 Å². The average molecular weight is 149 g/mol. The Labute approximate surface area is 63.1 Å². The zero-order valence-corrected chi connectivity index (χ0v) is 6.02. The van der Waals surface area contributed by atoms with E-state index in [0.717, 1.165) is 4.73 Å². The summed E-state index contributed by atoms with van der Waals surface area (Å²) in [5.41, 5.74) is 1.22. The molecule has 0 aliphatic rings. The van der Waals surface area contributed by atoms with Crippen LogP contribution in [0.15, 0.2) is 18.3 Å². The summed E-state index contributed by atoms with van der Waals surface area (Å²) < 4.78 is 0.981. The summed E-state index contributed by atoms with van der Waals surface area (Å²) in [5.74, 6) is 0.554. The van der Waals surface area contributed by atoms with Crippen LogP contribution in [0.2, 0.25) is 0 Å². The van der Waals surface area contributed by atoms with E-state index < -0.39 is 0 Å². The SMILES string of the molecule is Cc1nc2cccnc2n1O. The van der Waals surface area contributed by atoms with E-state index in [-0.39, 0.29) is 0 Å². The topological polar surface area (TPSA) is 50.9 Å². The molecule has 2 heterocycles. The van der Waals surface area contributed by atoms with Crippen LogP contribution in [0, 0.1) is 6.92 Å². The van der Waals surface area contributed by atoms with Crippen molar-refractivity contribution in [2.24, 2.45) is 0 Å². The molecule has 2 aromatic heterocycles. The van der Waals surface area contributed by atoms with Crippen LogP contribution in [-0.2, 0) is 0 Å². The van der Waals surface area contributed by atoms with Crippen LogP contribution in [0.3, 0.4) is 0 Å². The molecule has 2 aromatic rings. The molecule has 0 atom stereocenters. The minimum absolute atomic E-state index is 0.505. The third kappa shape index (κ3) is 0.756. The molecule has 0 bridgehead atoms. The van der Waals surface area contributed by atoms with Crippen LogP contribution >= 0.6 is 0 Å². The summed E-state index contributed by atoms with van der Waals surface area (Å²) in [4.78, 5) is 8.02. The van der Waals surface area contributed by atoms with Gasteiger partial charge >= 0.3 is 0 Å². The average Bonchev–Trinajstić information content (AvgIpc) is 2.30. The molecule has 0 unspecified atom stereocenters. The fourth-order valence-electron chi connectivity index (χ4n) is 1.01. The number of hydrogen-bond acceptors (Lipinski definition) is 3. The molecule has 0 amide bonds. The van der Waals surface area contributed by atoms with Crippen molar-refractivity contribution in [3.63, 3.8) is 0 Å².